The van der Waals surface area contributed by atoms with E-state index in [1.807, 2.05) is 0 Å². The van der Waals surface area contributed by atoms with Gasteiger partial charge in [0.2, 0.25) is 10.0 Å². The molecular formula is C23H17F4N5O2S. The summed E-state index contributed by atoms with van der Waals surface area (Å²) >= 11 is 0. The van der Waals surface area contributed by atoms with Crippen LogP contribution in [0.1, 0.15) is 18.1 Å². The van der Waals surface area contributed by atoms with Gasteiger partial charge in [-0.25, -0.2) is 12.8 Å². The second-order valence-electron chi connectivity index (χ2n) is 7.76. The summed E-state index contributed by atoms with van der Waals surface area (Å²) in [4.78, 5) is 7.64. The van der Waals surface area contributed by atoms with E-state index in [9.17, 15) is 31.2 Å². The topological polar surface area (TPSA) is 101 Å². The summed E-state index contributed by atoms with van der Waals surface area (Å²) in [6, 6.07) is 8.30. The summed E-state index contributed by atoms with van der Waals surface area (Å²) in [7, 11) is -4.52. The van der Waals surface area contributed by atoms with E-state index >= 15 is 0 Å². The first-order valence-corrected chi connectivity index (χ1v) is 11.6. The lowest BCUT2D eigenvalue weighted by Gasteiger charge is -2.17. The molecule has 0 aliphatic carbocycles. The third kappa shape index (κ3) is 4.48. The number of aromatic nitrogens is 3. The third-order valence-corrected chi connectivity index (χ3v) is 6.92. The van der Waals surface area contributed by atoms with Gasteiger partial charge in [0, 0.05) is 29.7 Å². The van der Waals surface area contributed by atoms with Crippen molar-refractivity contribution in [2.45, 2.75) is 31.0 Å². The van der Waals surface area contributed by atoms with Crippen LogP contribution in [-0.2, 0) is 10.0 Å². The number of aryl methyl sites for hydroxylation is 1. The summed E-state index contributed by atoms with van der Waals surface area (Å²) in [5.41, 5.74) is 1.98. The fourth-order valence-electron chi connectivity index (χ4n) is 3.58. The highest BCUT2D eigenvalue weighted by molar-refractivity contribution is 7.89. The number of rotatable bonds is 5. The molecule has 7 nitrogen and oxygen atoms in total. The summed E-state index contributed by atoms with van der Waals surface area (Å²) in [6.45, 7) is 2.27. The van der Waals surface area contributed by atoms with E-state index in [1.54, 1.807) is 34.4 Å². The summed E-state index contributed by atoms with van der Waals surface area (Å²) in [6.07, 6.45) is -0.794. The van der Waals surface area contributed by atoms with Crippen LogP contribution in [-0.4, -0.2) is 35.2 Å². The van der Waals surface area contributed by atoms with Crippen molar-refractivity contribution in [3.63, 3.8) is 0 Å². The van der Waals surface area contributed by atoms with Crippen molar-refractivity contribution in [3.05, 3.63) is 71.9 Å². The third-order valence-electron chi connectivity index (χ3n) is 5.39. The largest absolute Gasteiger partial charge is 0.404 e. The molecule has 0 aliphatic rings. The zero-order chi connectivity index (χ0) is 25.5. The zero-order valence-corrected chi connectivity index (χ0v) is 19.1. The number of alkyl halides is 3. The van der Waals surface area contributed by atoms with E-state index in [-0.39, 0.29) is 17.0 Å². The van der Waals surface area contributed by atoms with Gasteiger partial charge >= 0.3 is 6.18 Å². The molecule has 0 amide bonds. The molecule has 0 radical (unpaired) electrons. The maximum atomic E-state index is 14.4. The highest BCUT2D eigenvalue weighted by Crippen LogP contribution is 2.36. The summed E-state index contributed by atoms with van der Waals surface area (Å²) in [5, 5.41) is 10.2. The van der Waals surface area contributed by atoms with Crippen molar-refractivity contribution >= 4 is 20.9 Å². The summed E-state index contributed by atoms with van der Waals surface area (Å²) < 4.78 is 80.9. The van der Waals surface area contributed by atoms with Gasteiger partial charge in [-0.1, -0.05) is 0 Å². The first kappa shape index (κ1) is 24.3. The van der Waals surface area contributed by atoms with Crippen LogP contribution in [0.3, 0.4) is 0 Å². The quantitative estimate of drug-likeness (QED) is 0.400. The first-order chi connectivity index (χ1) is 16.4. The van der Waals surface area contributed by atoms with Crippen LogP contribution in [0.2, 0.25) is 0 Å². The van der Waals surface area contributed by atoms with Crippen LogP contribution in [0.25, 0.3) is 28.0 Å². The second kappa shape index (κ2) is 8.75. The Morgan fingerprint density at radius 1 is 1.14 bits per heavy atom. The maximum absolute atomic E-state index is 14.4. The van der Waals surface area contributed by atoms with E-state index in [4.69, 9.17) is 0 Å². The van der Waals surface area contributed by atoms with Gasteiger partial charge in [0.25, 0.3) is 0 Å². The SMILES string of the molecule is Cc1cc2c(cc1F)c(C#N)c(-c1ccc(S(=O)(=O)N[C@@H](C)C(F)(F)F)cn1)n2-c1ccncc1. The molecule has 0 saturated heterocycles. The Balaban J connectivity index is 1.90. The van der Waals surface area contributed by atoms with Crippen molar-refractivity contribution in [2.24, 2.45) is 0 Å². The van der Waals surface area contributed by atoms with Crippen LogP contribution in [0.5, 0.6) is 0 Å². The van der Waals surface area contributed by atoms with Crippen molar-refractivity contribution < 1.29 is 26.0 Å². The number of nitriles is 1. The predicted octanol–water partition coefficient (Wildman–Crippen LogP) is 4.64. The van der Waals surface area contributed by atoms with Gasteiger partial charge in [-0.15, -0.1) is 0 Å². The van der Waals surface area contributed by atoms with Gasteiger partial charge in [0.15, 0.2) is 0 Å². The number of halogens is 4. The fraction of sp³-hybridized carbons (Fsp3) is 0.174. The molecule has 0 bridgehead atoms. The van der Waals surface area contributed by atoms with E-state index in [1.165, 1.54) is 24.5 Å². The number of benzene rings is 1. The van der Waals surface area contributed by atoms with E-state index in [0.717, 1.165) is 12.3 Å². The molecule has 0 spiro atoms. The Bertz CT molecular complexity index is 1560. The highest BCUT2D eigenvalue weighted by atomic mass is 32.2. The Hall–Kier alpha value is -3.82. The van der Waals surface area contributed by atoms with Crippen molar-refractivity contribution in [1.29, 1.82) is 5.26 Å². The minimum Gasteiger partial charge on any atom is -0.306 e. The van der Waals surface area contributed by atoms with Crippen molar-refractivity contribution in [3.8, 4) is 23.1 Å². The van der Waals surface area contributed by atoms with Gasteiger partial charge in [0.1, 0.15) is 22.8 Å². The molecule has 12 heteroatoms. The molecule has 0 saturated carbocycles. The molecule has 180 valence electrons. The minimum atomic E-state index is -4.76. The Labute approximate surface area is 197 Å². The van der Waals surface area contributed by atoms with Gasteiger partial charge in [-0.2, -0.15) is 23.2 Å². The van der Waals surface area contributed by atoms with Crippen molar-refractivity contribution in [2.75, 3.05) is 0 Å². The van der Waals surface area contributed by atoms with Gasteiger partial charge in [-0.3, -0.25) is 9.97 Å². The summed E-state index contributed by atoms with van der Waals surface area (Å²) in [5.74, 6) is -0.508. The average Bonchev–Trinajstić information content (AvgIpc) is 3.12. The number of hydrogen-bond donors (Lipinski definition) is 1. The molecule has 1 N–H and O–H groups in total. The van der Waals surface area contributed by atoms with Crippen LogP contribution < -0.4 is 4.72 Å². The van der Waals surface area contributed by atoms with Gasteiger partial charge < -0.3 is 4.57 Å². The average molecular weight is 503 g/mol. The van der Waals surface area contributed by atoms with Crippen molar-refractivity contribution in [1.82, 2.24) is 19.3 Å². The zero-order valence-electron chi connectivity index (χ0n) is 18.3. The molecule has 0 aliphatic heterocycles. The number of nitrogens with one attached hydrogen (secondary N) is 1. The van der Waals surface area contributed by atoms with Crippen LogP contribution in [0.15, 0.2) is 59.9 Å². The molecule has 0 unspecified atom stereocenters. The molecule has 0 fully saturated rings. The van der Waals surface area contributed by atoms with E-state index < -0.39 is 33.0 Å². The standard InChI is InChI=1S/C23H17F4N5O2S/c1-13-9-21-17(10-19(13)24)18(11-28)22(32(21)15-5-7-29-8-6-15)20-4-3-16(12-30-20)35(33,34)31-14(2)23(25,26)27/h3-10,12,14,31H,1-2H3/t14-/m0/s1. The van der Waals surface area contributed by atoms with Gasteiger partial charge in [-0.05, 0) is 55.8 Å². The number of nitrogens with zero attached hydrogens (tertiary/aromatic N) is 4. The molecule has 3 heterocycles. The Morgan fingerprint density at radius 3 is 2.40 bits per heavy atom. The van der Waals surface area contributed by atoms with E-state index in [0.29, 0.717) is 29.1 Å². The Morgan fingerprint density at radius 2 is 1.83 bits per heavy atom. The normalized spacial score (nSPS) is 13.1. The van der Waals surface area contributed by atoms with Crippen LogP contribution >= 0.6 is 0 Å². The molecule has 3 aromatic heterocycles. The first-order valence-electron chi connectivity index (χ1n) is 10.1. The van der Waals surface area contributed by atoms with Crippen LogP contribution in [0.4, 0.5) is 17.6 Å². The lowest BCUT2D eigenvalue weighted by molar-refractivity contribution is -0.147. The van der Waals surface area contributed by atoms with Gasteiger partial charge in [0.05, 0.1) is 22.5 Å². The predicted molar refractivity (Wildman–Crippen MR) is 120 cm³/mol. The number of sulfonamides is 1. The highest BCUT2D eigenvalue weighted by Gasteiger charge is 2.39. The van der Waals surface area contributed by atoms with Crippen LogP contribution in [0, 0.1) is 24.1 Å². The second-order valence-corrected chi connectivity index (χ2v) is 9.47. The molecule has 1 aromatic carbocycles. The number of hydrogen-bond acceptors (Lipinski definition) is 5. The molecule has 4 aromatic rings. The Kier molecular flexibility index (Phi) is 6.08. The number of fused-ring (bicyclic) bond motifs is 1. The van der Waals surface area contributed by atoms with E-state index in [2.05, 4.69) is 16.0 Å². The fourth-order valence-corrected chi connectivity index (χ4v) is 4.75. The molecule has 4 rings (SSSR count). The lowest BCUT2D eigenvalue weighted by Crippen LogP contribution is -2.42. The molecular weight excluding hydrogens is 486 g/mol. The lowest BCUT2D eigenvalue weighted by atomic mass is 10.1. The molecule has 1 atom stereocenters. The number of pyridine rings is 2. The maximum Gasteiger partial charge on any atom is 0.404 e. The monoisotopic (exact) mass is 503 g/mol. The smallest absolute Gasteiger partial charge is 0.306 e. The molecule has 35 heavy (non-hydrogen) atoms. The minimum absolute atomic E-state index is 0.0997.